The number of halogens is 2. The number of likely N-dealkylation sites (tertiary alicyclic amines) is 1. The van der Waals surface area contributed by atoms with Crippen molar-refractivity contribution in [3.8, 4) is 0 Å². The largest absolute Gasteiger partial charge is 0.351 e. The third kappa shape index (κ3) is 5.29. The van der Waals surface area contributed by atoms with Gasteiger partial charge in [0.2, 0.25) is 5.91 Å². The first-order valence-electron chi connectivity index (χ1n) is 10.7. The van der Waals surface area contributed by atoms with Gasteiger partial charge in [0.25, 0.3) is 0 Å². The molecule has 0 aliphatic carbocycles. The molecular weight excluding hydrogens is 431 g/mol. The van der Waals surface area contributed by atoms with E-state index in [2.05, 4.69) is 10.2 Å². The minimum atomic E-state index is -0.694. The van der Waals surface area contributed by atoms with Crippen molar-refractivity contribution in [3.05, 3.63) is 70.5 Å². The number of nitrogens with zero attached hydrogens (tertiary/aromatic N) is 2. The molecule has 2 aliphatic rings. The molecule has 6 nitrogen and oxygen atoms in total. The van der Waals surface area contributed by atoms with Gasteiger partial charge in [-0.25, -0.2) is 9.18 Å². The first-order valence-corrected chi connectivity index (χ1v) is 11.1. The van der Waals surface area contributed by atoms with Crippen molar-refractivity contribution in [1.82, 2.24) is 9.80 Å². The normalized spacial score (nSPS) is 21.0. The Morgan fingerprint density at radius 3 is 2.47 bits per heavy atom. The Bertz CT molecular complexity index is 1010. The molecule has 2 aromatic rings. The molecular formula is C24H26ClFN4O2. The van der Waals surface area contributed by atoms with Crippen LogP contribution in [-0.2, 0) is 11.3 Å². The number of rotatable bonds is 5. The lowest BCUT2D eigenvalue weighted by molar-refractivity contribution is -0.137. The summed E-state index contributed by atoms with van der Waals surface area (Å²) >= 11 is 6.01. The Kier molecular flexibility index (Phi) is 6.77. The molecule has 2 saturated heterocycles. The second-order valence-electron chi connectivity index (χ2n) is 8.36. The number of benzene rings is 2. The summed E-state index contributed by atoms with van der Waals surface area (Å²) in [7, 11) is 0. The first kappa shape index (κ1) is 22.3. The van der Waals surface area contributed by atoms with Gasteiger partial charge in [0.1, 0.15) is 5.82 Å². The molecule has 0 radical (unpaired) electrons. The molecule has 2 unspecified atom stereocenters. The summed E-state index contributed by atoms with van der Waals surface area (Å²) in [6.07, 6.45) is 6.27. The second kappa shape index (κ2) is 9.71. The van der Waals surface area contributed by atoms with Gasteiger partial charge in [-0.15, -0.1) is 0 Å². The molecule has 0 spiro atoms. The van der Waals surface area contributed by atoms with Crippen LogP contribution in [0, 0.1) is 5.82 Å². The summed E-state index contributed by atoms with van der Waals surface area (Å²) in [5.41, 5.74) is 7.42. The summed E-state index contributed by atoms with van der Waals surface area (Å²) < 4.78 is 13.2. The van der Waals surface area contributed by atoms with Crippen LogP contribution in [0.3, 0.4) is 0 Å². The van der Waals surface area contributed by atoms with E-state index < -0.39 is 6.03 Å². The monoisotopic (exact) mass is 456 g/mol. The number of urea groups is 1. The number of primary amides is 1. The van der Waals surface area contributed by atoms with Crippen LogP contribution in [0.2, 0.25) is 5.02 Å². The number of carbonyl (C=O) groups is 2. The lowest BCUT2D eigenvalue weighted by atomic mass is 9.90. The van der Waals surface area contributed by atoms with Crippen molar-refractivity contribution in [2.45, 2.75) is 37.9 Å². The van der Waals surface area contributed by atoms with Crippen molar-refractivity contribution in [2.24, 2.45) is 5.73 Å². The van der Waals surface area contributed by atoms with E-state index in [0.29, 0.717) is 16.3 Å². The number of carbonyl (C=O) groups excluding carboxylic acids is 2. The highest BCUT2D eigenvalue weighted by molar-refractivity contribution is 6.31. The number of anilines is 1. The summed E-state index contributed by atoms with van der Waals surface area (Å²) in [5, 5.41) is 3.00. The highest BCUT2D eigenvalue weighted by Gasteiger charge is 2.39. The summed E-state index contributed by atoms with van der Waals surface area (Å²) in [4.78, 5) is 28.8. The van der Waals surface area contributed by atoms with Crippen LogP contribution < -0.4 is 11.1 Å². The quantitative estimate of drug-likeness (QED) is 0.660. The minimum Gasteiger partial charge on any atom is -0.351 e. The zero-order valence-corrected chi connectivity index (χ0v) is 18.4. The summed E-state index contributed by atoms with van der Waals surface area (Å²) in [6, 6.07) is 11.2. The fourth-order valence-corrected chi connectivity index (χ4v) is 4.87. The Labute approximate surface area is 191 Å². The summed E-state index contributed by atoms with van der Waals surface area (Å²) in [5.74, 6) is -0.274. The predicted octanol–water partition coefficient (Wildman–Crippen LogP) is 4.25. The number of hydrogen-bond acceptors (Lipinski definition) is 3. The molecule has 0 saturated carbocycles. The number of piperazine rings is 1. The standard InChI is InChI=1S/C24H26ClFN4O2/c25-18-8-6-17(22(12-18)28-24(27)32)7-11-23(31)30-20-2-1-3-21(30)15-29(14-20)13-16-4-9-19(26)10-5-16/h4-12,20-21H,1-3,13-15H2,(H3,27,28,32)/b11-7+. The van der Waals surface area contributed by atoms with E-state index in [1.54, 1.807) is 30.4 Å². The van der Waals surface area contributed by atoms with Gasteiger partial charge in [-0.2, -0.15) is 0 Å². The molecule has 2 fully saturated rings. The van der Waals surface area contributed by atoms with Gasteiger partial charge in [0.05, 0.1) is 5.69 Å². The zero-order valence-electron chi connectivity index (χ0n) is 17.6. The molecule has 2 heterocycles. The number of nitrogens with two attached hydrogens (primary N) is 1. The maximum atomic E-state index is 13.2. The minimum absolute atomic E-state index is 0.0406. The van der Waals surface area contributed by atoms with Gasteiger partial charge < -0.3 is 16.0 Å². The molecule has 2 atom stereocenters. The van der Waals surface area contributed by atoms with Crippen molar-refractivity contribution in [3.63, 3.8) is 0 Å². The first-order chi connectivity index (χ1) is 15.4. The maximum Gasteiger partial charge on any atom is 0.316 e. The third-order valence-corrected chi connectivity index (χ3v) is 6.29. The molecule has 3 N–H and O–H groups in total. The van der Waals surface area contributed by atoms with Gasteiger partial charge in [-0.1, -0.05) is 29.8 Å². The van der Waals surface area contributed by atoms with Crippen LogP contribution in [-0.4, -0.2) is 46.9 Å². The molecule has 2 bridgehead atoms. The van der Waals surface area contributed by atoms with E-state index in [1.165, 1.54) is 12.1 Å². The van der Waals surface area contributed by atoms with E-state index in [4.69, 9.17) is 17.3 Å². The van der Waals surface area contributed by atoms with Crippen LogP contribution >= 0.6 is 11.6 Å². The Morgan fingerprint density at radius 2 is 1.81 bits per heavy atom. The molecule has 0 aromatic heterocycles. The molecule has 4 rings (SSSR count). The Balaban J connectivity index is 1.45. The average Bonchev–Trinajstić information content (AvgIpc) is 2.73. The van der Waals surface area contributed by atoms with Gasteiger partial charge in [-0.3, -0.25) is 9.69 Å². The van der Waals surface area contributed by atoms with Gasteiger partial charge >= 0.3 is 6.03 Å². The molecule has 3 amide bonds. The Hall–Kier alpha value is -2.90. The van der Waals surface area contributed by atoms with Crippen LogP contribution in [0.1, 0.15) is 30.4 Å². The number of amides is 3. The lowest BCUT2D eigenvalue weighted by Crippen LogP contribution is -2.61. The molecule has 32 heavy (non-hydrogen) atoms. The average molecular weight is 457 g/mol. The van der Waals surface area contributed by atoms with Gasteiger partial charge in [0, 0.05) is 42.8 Å². The van der Waals surface area contributed by atoms with Gasteiger partial charge in [-0.05, 0) is 60.7 Å². The van der Waals surface area contributed by atoms with Crippen LogP contribution in [0.25, 0.3) is 6.08 Å². The predicted molar refractivity (Wildman–Crippen MR) is 124 cm³/mol. The van der Waals surface area contributed by atoms with Crippen molar-refractivity contribution in [2.75, 3.05) is 18.4 Å². The van der Waals surface area contributed by atoms with Crippen LogP contribution in [0.4, 0.5) is 14.9 Å². The Morgan fingerprint density at radius 1 is 1.12 bits per heavy atom. The third-order valence-electron chi connectivity index (χ3n) is 6.05. The second-order valence-corrected chi connectivity index (χ2v) is 8.80. The number of hydrogen-bond donors (Lipinski definition) is 2. The van der Waals surface area contributed by atoms with E-state index in [9.17, 15) is 14.0 Å². The SMILES string of the molecule is NC(=O)Nc1cc(Cl)ccc1/C=C/C(=O)N1C2CCCC1CN(Cc1ccc(F)cc1)C2. The van der Waals surface area contributed by atoms with E-state index in [0.717, 1.165) is 44.5 Å². The topological polar surface area (TPSA) is 78.7 Å². The van der Waals surface area contributed by atoms with Crippen molar-refractivity contribution < 1.29 is 14.0 Å². The van der Waals surface area contributed by atoms with E-state index in [-0.39, 0.29) is 23.8 Å². The molecule has 2 aromatic carbocycles. The van der Waals surface area contributed by atoms with Crippen LogP contribution in [0.15, 0.2) is 48.5 Å². The zero-order chi connectivity index (χ0) is 22.7. The van der Waals surface area contributed by atoms with Gasteiger partial charge in [0.15, 0.2) is 0 Å². The highest BCUT2D eigenvalue weighted by Crippen LogP contribution is 2.30. The highest BCUT2D eigenvalue weighted by atomic mass is 35.5. The number of piperidine rings is 1. The van der Waals surface area contributed by atoms with Crippen LogP contribution in [0.5, 0.6) is 0 Å². The molecule has 168 valence electrons. The smallest absolute Gasteiger partial charge is 0.316 e. The van der Waals surface area contributed by atoms with Crippen molar-refractivity contribution >= 4 is 35.3 Å². The maximum absolute atomic E-state index is 13.2. The fraction of sp³-hybridized carbons (Fsp3) is 0.333. The van der Waals surface area contributed by atoms with E-state index >= 15 is 0 Å². The number of fused-ring (bicyclic) bond motifs is 2. The summed E-state index contributed by atoms with van der Waals surface area (Å²) in [6.45, 7) is 2.34. The van der Waals surface area contributed by atoms with Crippen molar-refractivity contribution in [1.29, 1.82) is 0 Å². The van der Waals surface area contributed by atoms with E-state index in [1.807, 2.05) is 17.0 Å². The lowest BCUT2D eigenvalue weighted by Gasteiger charge is -2.50. The number of nitrogens with one attached hydrogen (secondary N) is 1. The molecule has 2 aliphatic heterocycles. The molecule has 8 heteroatoms. The fourth-order valence-electron chi connectivity index (χ4n) is 4.69.